The van der Waals surface area contributed by atoms with Gasteiger partial charge in [0.2, 0.25) is 0 Å². The first-order valence-corrected chi connectivity index (χ1v) is 8.21. The van der Waals surface area contributed by atoms with E-state index in [4.69, 9.17) is 0 Å². The highest BCUT2D eigenvalue weighted by Crippen LogP contribution is 2.08. The van der Waals surface area contributed by atoms with Crippen LogP contribution < -0.4 is 5.32 Å². The summed E-state index contributed by atoms with van der Waals surface area (Å²) in [5.41, 5.74) is 0. The fourth-order valence-electron chi connectivity index (χ4n) is 2.20. The van der Waals surface area contributed by atoms with Gasteiger partial charge in [0.1, 0.15) is 0 Å². The lowest BCUT2D eigenvalue weighted by atomic mass is 10.1. The topological polar surface area (TPSA) is 12.0 Å². The van der Waals surface area contributed by atoms with Gasteiger partial charge >= 0.3 is 0 Å². The molecule has 0 spiro atoms. The third kappa shape index (κ3) is 15.7. The average Bonchev–Trinajstić information content (AvgIpc) is 2.39. The Hall–Kier alpha value is -0.300. The van der Waals surface area contributed by atoms with Gasteiger partial charge in [0.25, 0.3) is 0 Å². The van der Waals surface area contributed by atoms with Crippen molar-refractivity contribution in [1.29, 1.82) is 0 Å². The second-order valence-corrected chi connectivity index (χ2v) is 5.33. The summed E-state index contributed by atoms with van der Waals surface area (Å²) in [7, 11) is 2.03. The molecule has 0 aliphatic rings. The molecule has 0 aromatic heterocycles. The second kappa shape index (κ2) is 16.7. The van der Waals surface area contributed by atoms with Crippen LogP contribution in [-0.4, -0.2) is 13.6 Å². The minimum atomic E-state index is 1.17. The molecule has 0 bridgehead atoms. The molecule has 0 aromatic rings. The molecule has 0 rings (SSSR count). The number of nitrogens with one attached hydrogen (secondary N) is 1. The van der Waals surface area contributed by atoms with E-state index < -0.39 is 0 Å². The molecule has 0 saturated carbocycles. The van der Waals surface area contributed by atoms with E-state index in [0.717, 1.165) is 0 Å². The van der Waals surface area contributed by atoms with Crippen LogP contribution in [0.25, 0.3) is 0 Å². The first kappa shape index (κ1) is 17.7. The zero-order chi connectivity index (χ0) is 13.3. The Bertz CT molecular complexity index is 145. The summed E-state index contributed by atoms with van der Waals surface area (Å²) in [5, 5.41) is 3.20. The summed E-state index contributed by atoms with van der Waals surface area (Å²) < 4.78 is 0. The molecule has 0 atom stereocenters. The van der Waals surface area contributed by atoms with E-state index in [1.165, 1.54) is 83.6 Å². The van der Waals surface area contributed by atoms with Crippen LogP contribution >= 0.6 is 0 Å². The van der Waals surface area contributed by atoms with Crippen molar-refractivity contribution in [3.8, 4) is 0 Å². The predicted molar refractivity (Wildman–Crippen MR) is 84.1 cm³/mol. The number of rotatable bonds is 14. The van der Waals surface area contributed by atoms with Gasteiger partial charge in [0.15, 0.2) is 0 Å². The van der Waals surface area contributed by atoms with E-state index in [-0.39, 0.29) is 0 Å². The van der Waals surface area contributed by atoms with E-state index in [2.05, 4.69) is 24.4 Å². The van der Waals surface area contributed by atoms with Gasteiger partial charge in [0.05, 0.1) is 0 Å². The lowest BCUT2D eigenvalue weighted by molar-refractivity contribution is 0.609. The Morgan fingerprint density at radius 3 is 1.72 bits per heavy atom. The molecule has 0 aromatic carbocycles. The quantitative estimate of drug-likeness (QED) is 0.320. The smallest absolute Gasteiger partial charge is 0.00519 e. The summed E-state index contributed by atoms with van der Waals surface area (Å²) >= 11 is 0. The zero-order valence-electron chi connectivity index (χ0n) is 12.8. The highest BCUT2D eigenvalue weighted by molar-refractivity contribution is 4.81. The molecule has 18 heavy (non-hydrogen) atoms. The zero-order valence-corrected chi connectivity index (χ0v) is 12.8. The Morgan fingerprint density at radius 2 is 1.17 bits per heavy atom. The molecule has 0 aliphatic heterocycles. The first-order valence-electron chi connectivity index (χ1n) is 8.21. The molecule has 0 radical (unpaired) electrons. The number of allylic oxidation sites excluding steroid dienone is 2. The van der Waals surface area contributed by atoms with Gasteiger partial charge in [-0.2, -0.15) is 0 Å². The molecule has 0 saturated heterocycles. The Kier molecular flexibility index (Phi) is 16.4. The summed E-state index contributed by atoms with van der Waals surface area (Å²) in [6, 6.07) is 0. The molecular formula is C17H35N. The van der Waals surface area contributed by atoms with Crippen LogP contribution in [0.2, 0.25) is 0 Å². The van der Waals surface area contributed by atoms with Crippen LogP contribution in [0, 0.1) is 0 Å². The largest absolute Gasteiger partial charge is 0.320 e. The van der Waals surface area contributed by atoms with Gasteiger partial charge in [-0.25, -0.2) is 0 Å². The third-order valence-corrected chi connectivity index (χ3v) is 3.44. The van der Waals surface area contributed by atoms with Crippen molar-refractivity contribution in [3.05, 3.63) is 12.2 Å². The van der Waals surface area contributed by atoms with Crippen LogP contribution in [0.15, 0.2) is 12.2 Å². The fourth-order valence-corrected chi connectivity index (χ4v) is 2.20. The van der Waals surface area contributed by atoms with Crippen LogP contribution in [-0.2, 0) is 0 Å². The van der Waals surface area contributed by atoms with Crippen molar-refractivity contribution in [3.63, 3.8) is 0 Å². The standard InChI is InChI=1S/C17H35N/c1-3-4-5-6-7-8-9-10-11-12-13-14-15-16-17-18-2/h10-11,18H,3-9,12-17H2,1-2H3/b11-10-. The molecule has 1 heteroatoms. The van der Waals surface area contributed by atoms with Crippen molar-refractivity contribution in [2.45, 2.75) is 84.0 Å². The molecule has 1 N–H and O–H groups in total. The minimum absolute atomic E-state index is 1.17. The predicted octanol–water partition coefficient (Wildman–Crippen LogP) is 5.46. The van der Waals surface area contributed by atoms with E-state index in [9.17, 15) is 0 Å². The molecular weight excluding hydrogens is 218 g/mol. The number of unbranched alkanes of at least 4 members (excludes halogenated alkanes) is 10. The lowest BCUT2D eigenvalue weighted by Gasteiger charge is -1.99. The normalized spacial score (nSPS) is 11.4. The molecule has 108 valence electrons. The summed E-state index contributed by atoms with van der Waals surface area (Å²) in [6.07, 6.45) is 21.3. The van der Waals surface area contributed by atoms with Crippen molar-refractivity contribution in [1.82, 2.24) is 5.32 Å². The molecule has 0 fully saturated rings. The maximum absolute atomic E-state index is 3.20. The van der Waals surface area contributed by atoms with Gasteiger partial charge in [-0.15, -0.1) is 0 Å². The fraction of sp³-hybridized carbons (Fsp3) is 0.882. The van der Waals surface area contributed by atoms with Crippen molar-refractivity contribution >= 4 is 0 Å². The molecule has 0 unspecified atom stereocenters. The van der Waals surface area contributed by atoms with Gasteiger partial charge in [-0.1, -0.05) is 64.0 Å². The van der Waals surface area contributed by atoms with Gasteiger partial charge in [-0.3, -0.25) is 0 Å². The first-order chi connectivity index (χ1) is 8.91. The highest BCUT2D eigenvalue weighted by atomic mass is 14.8. The minimum Gasteiger partial charge on any atom is -0.320 e. The van der Waals surface area contributed by atoms with E-state index in [1.54, 1.807) is 0 Å². The number of hydrogen-bond donors (Lipinski definition) is 1. The van der Waals surface area contributed by atoms with Gasteiger partial charge in [-0.05, 0) is 45.7 Å². The SMILES string of the molecule is CCCCCCCC/C=C\CCCCCCNC. The maximum Gasteiger partial charge on any atom is -0.00519 e. The van der Waals surface area contributed by atoms with E-state index in [1.807, 2.05) is 7.05 Å². The summed E-state index contributed by atoms with van der Waals surface area (Å²) in [6.45, 7) is 3.45. The highest BCUT2D eigenvalue weighted by Gasteiger charge is 1.89. The Balaban J connectivity index is 3.00. The van der Waals surface area contributed by atoms with E-state index >= 15 is 0 Å². The lowest BCUT2D eigenvalue weighted by Crippen LogP contribution is -2.06. The van der Waals surface area contributed by atoms with Crippen molar-refractivity contribution in [2.75, 3.05) is 13.6 Å². The summed E-state index contributed by atoms with van der Waals surface area (Å²) in [4.78, 5) is 0. The third-order valence-electron chi connectivity index (χ3n) is 3.44. The van der Waals surface area contributed by atoms with Crippen LogP contribution in [0.3, 0.4) is 0 Å². The monoisotopic (exact) mass is 253 g/mol. The molecule has 1 nitrogen and oxygen atoms in total. The van der Waals surface area contributed by atoms with Crippen molar-refractivity contribution in [2.24, 2.45) is 0 Å². The number of hydrogen-bond acceptors (Lipinski definition) is 1. The van der Waals surface area contributed by atoms with Gasteiger partial charge < -0.3 is 5.32 Å². The molecule has 0 amide bonds. The molecule has 0 heterocycles. The molecule has 0 aliphatic carbocycles. The van der Waals surface area contributed by atoms with Gasteiger partial charge in [0, 0.05) is 0 Å². The second-order valence-electron chi connectivity index (χ2n) is 5.33. The summed E-state index contributed by atoms with van der Waals surface area (Å²) in [5.74, 6) is 0. The van der Waals surface area contributed by atoms with Crippen LogP contribution in [0.5, 0.6) is 0 Å². The Morgan fingerprint density at radius 1 is 0.667 bits per heavy atom. The Labute approximate surface area is 115 Å². The van der Waals surface area contributed by atoms with Crippen molar-refractivity contribution < 1.29 is 0 Å². The van der Waals surface area contributed by atoms with Crippen LogP contribution in [0.1, 0.15) is 84.0 Å². The van der Waals surface area contributed by atoms with Crippen LogP contribution in [0.4, 0.5) is 0 Å². The van der Waals surface area contributed by atoms with E-state index in [0.29, 0.717) is 0 Å². The average molecular weight is 253 g/mol. The maximum atomic E-state index is 3.20.